The number of hydrogen-bond donors (Lipinski definition) is 0. The molecule has 6 heteroatoms. The van der Waals surface area contributed by atoms with E-state index in [0.717, 1.165) is 12.1 Å². The van der Waals surface area contributed by atoms with Gasteiger partial charge < -0.3 is 4.90 Å². The molecule has 1 unspecified atom stereocenters. The van der Waals surface area contributed by atoms with Crippen LogP contribution in [-0.2, 0) is 6.18 Å². The molecule has 1 aromatic rings. The second-order valence-corrected chi connectivity index (χ2v) is 4.93. The maximum atomic E-state index is 12.5. The quantitative estimate of drug-likeness (QED) is 0.839. The minimum absolute atomic E-state index is 0.191. The molecule has 2 nitrogen and oxygen atoms in total. The molecule has 0 aliphatic rings. The van der Waals surface area contributed by atoms with Gasteiger partial charge in [0, 0.05) is 18.1 Å². The van der Waals surface area contributed by atoms with Crippen molar-refractivity contribution in [2.75, 3.05) is 18.5 Å². The van der Waals surface area contributed by atoms with E-state index in [1.54, 1.807) is 18.9 Å². The SMILES string of the molecule is CC(C#N)CN(C)c1ccc(C(F)(F)F)cc1Br. The molecule has 0 fully saturated rings. The van der Waals surface area contributed by atoms with Gasteiger partial charge in [0.15, 0.2) is 0 Å². The third-order valence-corrected chi connectivity index (χ3v) is 3.09. The number of nitriles is 1. The molecule has 0 heterocycles. The molecule has 98 valence electrons. The maximum Gasteiger partial charge on any atom is 0.416 e. The largest absolute Gasteiger partial charge is 0.416 e. The molecule has 1 atom stereocenters. The molecular weight excluding hydrogens is 309 g/mol. The Hall–Kier alpha value is -1.22. The van der Waals surface area contributed by atoms with E-state index in [-0.39, 0.29) is 5.92 Å². The highest BCUT2D eigenvalue weighted by atomic mass is 79.9. The van der Waals surface area contributed by atoms with Crippen molar-refractivity contribution in [1.82, 2.24) is 0 Å². The van der Waals surface area contributed by atoms with Gasteiger partial charge in [-0.3, -0.25) is 0 Å². The number of anilines is 1. The van der Waals surface area contributed by atoms with Crippen LogP contribution in [0.4, 0.5) is 18.9 Å². The Kier molecular flexibility index (Phi) is 4.63. The highest BCUT2D eigenvalue weighted by molar-refractivity contribution is 9.10. The van der Waals surface area contributed by atoms with Crippen molar-refractivity contribution in [3.63, 3.8) is 0 Å². The number of rotatable bonds is 3. The molecule has 0 spiro atoms. The number of alkyl halides is 3. The molecule has 18 heavy (non-hydrogen) atoms. The summed E-state index contributed by atoms with van der Waals surface area (Å²) in [5, 5.41) is 8.71. The van der Waals surface area contributed by atoms with Gasteiger partial charge in [0.25, 0.3) is 0 Å². The lowest BCUT2D eigenvalue weighted by atomic mass is 10.1. The summed E-state index contributed by atoms with van der Waals surface area (Å²) in [6.45, 7) is 2.22. The van der Waals surface area contributed by atoms with E-state index in [1.165, 1.54) is 6.07 Å². The Bertz CT molecular complexity index is 465. The molecule has 0 aromatic heterocycles. The lowest BCUT2D eigenvalue weighted by molar-refractivity contribution is -0.137. The zero-order valence-electron chi connectivity index (χ0n) is 9.92. The maximum absolute atomic E-state index is 12.5. The van der Waals surface area contributed by atoms with Crippen LogP contribution in [0.1, 0.15) is 12.5 Å². The summed E-state index contributed by atoms with van der Waals surface area (Å²) >= 11 is 3.13. The van der Waals surface area contributed by atoms with E-state index in [9.17, 15) is 13.2 Å². The standard InChI is InChI=1S/C12H12BrF3N2/c1-8(6-17)7-18(2)11-4-3-9(5-10(11)13)12(14,15)16/h3-5,8H,7H2,1-2H3. The van der Waals surface area contributed by atoms with Gasteiger partial charge in [0.2, 0.25) is 0 Å². The molecule has 0 saturated carbocycles. The Labute approximate surface area is 112 Å². The number of benzene rings is 1. The Balaban J connectivity index is 2.96. The van der Waals surface area contributed by atoms with Gasteiger partial charge in [-0.15, -0.1) is 0 Å². The van der Waals surface area contributed by atoms with Crippen molar-refractivity contribution in [2.45, 2.75) is 13.1 Å². The van der Waals surface area contributed by atoms with Gasteiger partial charge in [-0.2, -0.15) is 18.4 Å². The van der Waals surface area contributed by atoms with E-state index in [4.69, 9.17) is 5.26 Å². The molecule has 0 radical (unpaired) electrons. The van der Waals surface area contributed by atoms with Gasteiger partial charge in [0.1, 0.15) is 0 Å². The Morgan fingerprint density at radius 2 is 2.06 bits per heavy atom. The summed E-state index contributed by atoms with van der Waals surface area (Å²) in [6.07, 6.45) is -4.35. The van der Waals surface area contributed by atoms with Crippen LogP contribution in [0.2, 0.25) is 0 Å². The summed E-state index contributed by atoms with van der Waals surface area (Å²) in [5.41, 5.74) is -0.0649. The second kappa shape index (κ2) is 5.61. The van der Waals surface area contributed by atoms with E-state index < -0.39 is 11.7 Å². The van der Waals surface area contributed by atoms with Crippen molar-refractivity contribution in [3.05, 3.63) is 28.2 Å². The van der Waals surface area contributed by atoms with Crippen LogP contribution in [0.25, 0.3) is 0 Å². The normalized spacial score (nSPS) is 12.9. The zero-order valence-corrected chi connectivity index (χ0v) is 11.5. The highest BCUT2D eigenvalue weighted by Gasteiger charge is 2.31. The molecule has 0 aliphatic heterocycles. The third kappa shape index (κ3) is 3.64. The average molecular weight is 321 g/mol. The molecule has 1 aromatic carbocycles. The van der Waals surface area contributed by atoms with Crippen molar-refractivity contribution in [2.24, 2.45) is 5.92 Å². The van der Waals surface area contributed by atoms with Crippen LogP contribution in [-0.4, -0.2) is 13.6 Å². The summed E-state index contributed by atoms with van der Waals surface area (Å²) in [5.74, 6) is -0.191. The van der Waals surface area contributed by atoms with Crippen LogP contribution >= 0.6 is 15.9 Å². The van der Waals surface area contributed by atoms with Crippen LogP contribution in [0.5, 0.6) is 0 Å². The first kappa shape index (κ1) is 14.8. The summed E-state index contributed by atoms with van der Waals surface area (Å²) < 4.78 is 37.8. The predicted molar refractivity (Wildman–Crippen MR) is 67.2 cm³/mol. The molecule has 0 bridgehead atoms. The average Bonchev–Trinajstić information content (AvgIpc) is 2.27. The van der Waals surface area contributed by atoms with Crippen molar-refractivity contribution in [3.8, 4) is 6.07 Å². The fourth-order valence-corrected chi connectivity index (χ4v) is 2.22. The van der Waals surface area contributed by atoms with E-state index in [1.807, 2.05) is 0 Å². The fourth-order valence-electron chi connectivity index (χ4n) is 1.54. The van der Waals surface area contributed by atoms with E-state index in [2.05, 4.69) is 22.0 Å². The first-order valence-corrected chi connectivity index (χ1v) is 6.02. The van der Waals surface area contributed by atoms with Gasteiger partial charge in [-0.25, -0.2) is 0 Å². The van der Waals surface area contributed by atoms with Crippen LogP contribution in [0.15, 0.2) is 22.7 Å². The van der Waals surface area contributed by atoms with Crippen molar-refractivity contribution in [1.29, 1.82) is 5.26 Å². The first-order chi connectivity index (χ1) is 8.25. The van der Waals surface area contributed by atoms with Gasteiger partial charge in [-0.05, 0) is 41.1 Å². The zero-order chi connectivity index (χ0) is 13.9. The molecule has 0 aliphatic carbocycles. The number of nitrogens with zero attached hydrogens (tertiary/aromatic N) is 2. The van der Waals surface area contributed by atoms with Crippen LogP contribution in [0.3, 0.4) is 0 Å². The lowest BCUT2D eigenvalue weighted by Gasteiger charge is -2.22. The molecular formula is C12H12BrF3N2. The smallest absolute Gasteiger partial charge is 0.372 e. The second-order valence-electron chi connectivity index (χ2n) is 4.07. The Morgan fingerprint density at radius 1 is 1.44 bits per heavy atom. The van der Waals surface area contributed by atoms with Gasteiger partial charge in [-0.1, -0.05) is 0 Å². The number of halogens is 4. The minimum atomic E-state index is -4.35. The van der Waals surface area contributed by atoms with E-state index >= 15 is 0 Å². The molecule has 0 amide bonds. The number of hydrogen-bond acceptors (Lipinski definition) is 2. The summed E-state index contributed by atoms with van der Waals surface area (Å²) in [7, 11) is 1.74. The van der Waals surface area contributed by atoms with Gasteiger partial charge in [0.05, 0.1) is 23.2 Å². The topological polar surface area (TPSA) is 27.0 Å². The fraction of sp³-hybridized carbons (Fsp3) is 0.417. The minimum Gasteiger partial charge on any atom is -0.372 e. The van der Waals surface area contributed by atoms with E-state index in [0.29, 0.717) is 16.7 Å². The van der Waals surface area contributed by atoms with Crippen molar-refractivity contribution >= 4 is 21.6 Å². The Morgan fingerprint density at radius 3 is 2.50 bits per heavy atom. The van der Waals surface area contributed by atoms with Crippen molar-refractivity contribution < 1.29 is 13.2 Å². The molecule has 1 rings (SSSR count). The molecule has 0 saturated heterocycles. The van der Waals surface area contributed by atoms with Gasteiger partial charge >= 0.3 is 6.18 Å². The predicted octanol–water partition coefficient (Wildman–Crippen LogP) is 4.06. The first-order valence-electron chi connectivity index (χ1n) is 5.23. The lowest BCUT2D eigenvalue weighted by Crippen LogP contribution is -2.23. The summed E-state index contributed by atoms with van der Waals surface area (Å²) in [6, 6.07) is 5.56. The highest BCUT2D eigenvalue weighted by Crippen LogP contribution is 2.35. The monoisotopic (exact) mass is 320 g/mol. The summed E-state index contributed by atoms with van der Waals surface area (Å²) in [4.78, 5) is 1.75. The van der Waals surface area contributed by atoms with Crippen LogP contribution < -0.4 is 4.90 Å². The molecule has 0 N–H and O–H groups in total. The third-order valence-electron chi connectivity index (χ3n) is 2.45. The van der Waals surface area contributed by atoms with Crippen LogP contribution in [0, 0.1) is 17.2 Å².